The van der Waals surface area contributed by atoms with Gasteiger partial charge in [-0.25, -0.2) is 4.98 Å². The summed E-state index contributed by atoms with van der Waals surface area (Å²) < 4.78 is 5.36. The number of aromatic nitrogens is 3. The van der Waals surface area contributed by atoms with Crippen LogP contribution in [0.15, 0.2) is 24.5 Å². The molecule has 2 N–H and O–H groups in total. The second-order valence-electron chi connectivity index (χ2n) is 2.83. The number of hydrogen-bond acceptors (Lipinski definition) is 5. The third-order valence-electron chi connectivity index (χ3n) is 1.59. The van der Waals surface area contributed by atoms with Gasteiger partial charge in [-0.15, -0.1) is 0 Å². The molecule has 0 fully saturated rings. The van der Waals surface area contributed by atoms with Crippen LogP contribution in [0, 0.1) is 0 Å². The first kappa shape index (κ1) is 10.9. The average Bonchev–Trinajstić information content (AvgIpc) is 2.15. The van der Waals surface area contributed by atoms with Gasteiger partial charge in [-0.1, -0.05) is 23.2 Å². The predicted octanol–water partition coefficient (Wildman–Crippen LogP) is 2.55. The van der Waals surface area contributed by atoms with Crippen molar-refractivity contribution in [2.45, 2.75) is 0 Å². The van der Waals surface area contributed by atoms with Crippen molar-refractivity contribution in [2.24, 2.45) is 0 Å². The molecule has 0 aromatic carbocycles. The molecule has 0 atom stereocenters. The van der Waals surface area contributed by atoms with Gasteiger partial charge in [-0.2, -0.15) is 4.98 Å². The van der Waals surface area contributed by atoms with Crippen LogP contribution < -0.4 is 10.5 Å². The standard InChI is InChI=1S/C9H6Cl2N4O/c10-5-1-6(4-13-3-5)16-8-2-7(11)14-9(12)15-8/h1-4H,(H2,12,14,15). The minimum absolute atomic E-state index is 0.0393. The van der Waals surface area contributed by atoms with Gasteiger partial charge < -0.3 is 10.5 Å². The highest BCUT2D eigenvalue weighted by Gasteiger charge is 2.03. The lowest BCUT2D eigenvalue weighted by Gasteiger charge is -2.04. The van der Waals surface area contributed by atoms with E-state index in [1.807, 2.05) is 0 Å². The van der Waals surface area contributed by atoms with Gasteiger partial charge in [0.15, 0.2) is 0 Å². The minimum Gasteiger partial charge on any atom is -0.437 e. The molecule has 0 unspecified atom stereocenters. The lowest BCUT2D eigenvalue weighted by molar-refractivity contribution is 0.460. The fourth-order valence-corrected chi connectivity index (χ4v) is 1.38. The molecule has 2 heterocycles. The maximum Gasteiger partial charge on any atom is 0.225 e. The van der Waals surface area contributed by atoms with Gasteiger partial charge in [-0.05, 0) is 0 Å². The van der Waals surface area contributed by atoms with Crippen molar-refractivity contribution >= 4 is 29.2 Å². The Kier molecular flexibility index (Phi) is 3.07. The average molecular weight is 257 g/mol. The zero-order valence-corrected chi connectivity index (χ0v) is 9.40. The summed E-state index contributed by atoms with van der Waals surface area (Å²) in [6, 6.07) is 3.04. The van der Waals surface area contributed by atoms with Crippen molar-refractivity contribution in [1.82, 2.24) is 15.0 Å². The van der Waals surface area contributed by atoms with E-state index in [9.17, 15) is 0 Å². The summed E-state index contributed by atoms with van der Waals surface area (Å²) in [5.41, 5.74) is 5.41. The molecular formula is C9H6Cl2N4O. The highest BCUT2D eigenvalue weighted by atomic mass is 35.5. The van der Waals surface area contributed by atoms with Crippen LogP contribution in [0.3, 0.4) is 0 Å². The molecule has 0 aliphatic rings. The Morgan fingerprint density at radius 3 is 2.62 bits per heavy atom. The molecule has 2 aromatic heterocycles. The summed E-state index contributed by atoms with van der Waals surface area (Å²) in [5, 5.41) is 0.670. The number of pyridine rings is 1. The Morgan fingerprint density at radius 1 is 1.12 bits per heavy atom. The van der Waals surface area contributed by atoms with E-state index < -0.39 is 0 Å². The van der Waals surface area contributed by atoms with Crippen LogP contribution in [0.4, 0.5) is 5.95 Å². The normalized spacial score (nSPS) is 10.1. The molecule has 0 amide bonds. The molecule has 0 aliphatic carbocycles. The summed E-state index contributed by atoms with van der Waals surface area (Å²) in [6.45, 7) is 0. The fraction of sp³-hybridized carbons (Fsp3) is 0. The maximum absolute atomic E-state index is 5.75. The van der Waals surface area contributed by atoms with Crippen LogP contribution in [-0.4, -0.2) is 15.0 Å². The lowest BCUT2D eigenvalue weighted by atomic mass is 10.4. The number of hydrogen-bond donors (Lipinski definition) is 1. The van der Waals surface area contributed by atoms with Gasteiger partial charge in [0.05, 0.1) is 11.2 Å². The zero-order chi connectivity index (χ0) is 11.5. The fourth-order valence-electron chi connectivity index (χ4n) is 1.03. The van der Waals surface area contributed by atoms with E-state index in [2.05, 4.69) is 15.0 Å². The molecule has 0 spiro atoms. The number of nitrogens with two attached hydrogens (primary N) is 1. The minimum atomic E-state index is 0.0393. The van der Waals surface area contributed by atoms with Crippen molar-refractivity contribution in [3.63, 3.8) is 0 Å². The van der Waals surface area contributed by atoms with Gasteiger partial charge in [0, 0.05) is 18.3 Å². The maximum atomic E-state index is 5.75. The van der Waals surface area contributed by atoms with E-state index in [0.29, 0.717) is 10.8 Å². The Morgan fingerprint density at radius 2 is 1.94 bits per heavy atom. The molecule has 5 nitrogen and oxygen atoms in total. The molecule has 7 heteroatoms. The van der Waals surface area contributed by atoms with Crippen LogP contribution >= 0.6 is 23.2 Å². The predicted molar refractivity (Wildman–Crippen MR) is 60.8 cm³/mol. The highest BCUT2D eigenvalue weighted by Crippen LogP contribution is 2.23. The number of ether oxygens (including phenoxy) is 1. The Labute approximate surface area is 101 Å². The number of halogens is 2. The highest BCUT2D eigenvalue weighted by molar-refractivity contribution is 6.30. The van der Waals surface area contributed by atoms with Gasteiger partial charge >= 0.3 is 0 Å². The van der Waals surface area contributed by atoms with Gasteiger partial charge in [-0.3, -0.25) is 4.98 Å². The van der Waals surface area contributed by atoms with E-state index >= 15 is 0 Å². The first-order valence-electron chi connectivity index (χ1n) is 4.22. The van der Waals surface area contributed by atoms with Crippen LogP contribution in [0.25, 0.3) is 0 Å². The molecule has 2 rings (SSSR count). The topological polar surface area (TPSA) is 73.9 Å². The SMILES string of the molecule is Nc1nc(Cl)cc(Oc2cncc(Cl)c2)n1. The molecule has 0 radical (unpaired) electrons. The van der Waals surface area contributed by atoms with Crippen molar-refractivity contribution in [1.29, 1.82) is 0 Å². The van der Waals surface area contributed by atoms with Crippen molar-refractivity contribution in [3.8, 4) is 11.6 Å². The second kappa shape index (κ2) is 4.51. The lowest BCUT2D eigenvalue weighted by Crippen LogP contribution is -1.97. The number of rotatable bonds is 2. The van der Waals surface area contributed by atoms with E-state index in [1.165, 1.54) is 18.5 Å². The van der Waals surface area contributed by atoms with Gasteiger partial charge in [0.2, 0.25) is 11.8 Å². The van der Waals surface area contributed by atoms with Crippen molar-refractivity contribution in [3.05, 3.63) is 34.7 Å². The third kappa shape index (κ3) is 2.71. The Balaban J connectivity index is 2.27. The Bertz CT molecular complexity index is 500. The summed E-state index contributed by atoms with van der Waals surface area (Å²) in [6.07, 6.45) is 2.99. The summed E-state index contributed by atoms with van der Waals surface area (Å²) in [5.74, 6) is 0.723. The molecule has 2 aromatic rings. The first-order chi connectivity index (χ1) is 7.63. The summed E-state index contributed by atoms with van der Waals surface area (Å²) in [7, 11) is 0. The van der Waals surface area contributed by atoms with E-state index in [0.717, 1.165) is 0 Å². The Hall–Kier alpha value is -1.59. The van der Waals surface area contributed by atoms with Crippen LogP contribution in [0.5, 0.6) is 11.6 Å². The van der Waals surface area contributed by atoms with Gasteiger partial charge in [0.25, 0.3) is 0 Å². The summed E-state index contributed by atoms with van der Waals surface area (Å²) >= 11 is 11.4. The largest absolute Gasteiger partial charge is 0.437 e. The first-order valence-corrected chi connectivity index (χ1v) is 4.97. The number of nitrogens with zero attached hydrogens (tertiary/aromatic N) is 3. The third-order valence-corrected chi connectivity index (χ3v) is 1.99. The van der Waals surface area contributed by atoms with E-state index in [1.54, 1.807) is 6.07 Å². The van der Waals surface area contributed by atoms with Crippen LogP contribution in [0.2, 0.25) is 10.2 Å². The smallest absolute Gasteiger partial charge is 0.225 e. The van der Waals surface area contributed by atoms with Crippen LogP contribution in [0.1, 0.15) is 0 Å². The monoisotopic (exact) mass is 256 g/mol. The molecular weight excluding hydrogens is 251 g/mol. The quantitative estimate of drug-likeness (QED) is 0.837. The molecule has 0 bridgehead atoms. The van der Waals surface area contributed by atoms with E-state index in [4.69, 9.17) is 33.7 Å². The zero-order valence-electron chi connectivity index (χ0n) is 7.89. The molecule has 0 aliphatic heterocycles. The van der Waals surface area contributed by atoms with E-state index in [-0.39, 0.29) is 17.0 Å². The van der Waals surface area contributed by atoms with Crippen LogP contribution in [-0.2, 0) is 0 Å². The second-order valence-corrected chi connectivity index (χ2v) is 3.65. The number of nitrogen functional groups attached to an aromatic ring is 1. The summed E-state index contributed by atoms with van der Waals surface area (Å²) in [4.78, 5) is 11.4. The molecule has 16 heavy (non-hydrogen) atoms. The van der Waals surface area contributed by atoms with Crippen molar-refractivity contribution < 1.29 is 4.74 Å². The van der Waals surface area contributed by atoms with Crippen molar-refractivity contribution in [2.75, 3.05) is 5.73 Å². The molecule has 0 saturated carbocycles. The molecule has 0 saturated heterocycles. The number of anilines is 1. The molecule has 82 valence electrons. The van der Waals surface area contributed by atoms with Gasteiger partial charge in [0.1, 0.15) is 10.9 Å².